The van der Waals surface area contributed by atoms with E-state index >= 15 is 0 Å². The number of hydrogen-bond donors (Lipinski definition) is 1. The third-order valence-electron chi connectivity index (χ3n) is 4.39. The van der Waals surface area contributed by atoms with E-state index in [9.17, 15) is 9.18 Å². The summed E-state index contributed by atoms with van der Waals surface area (Å²) in [7, 11) is 0. The molecule has 1 saturated heterocycles. The van der Waals surface area contributed by atoms with Gasteiger partial charge < -0.3 is 9.73 Å². The first kappa shape index (κ1) is 16.7. The highest BCUT2D eigenvalue weighted by Crippen LogP contribution is 2.14. The van der Waals surface area contributed by atoms with Crippen LogP contribution >= 0.6 is 0 Å². The van der Waals surface area contributed by atoms with E-state index in [1.54, 1.807) is 18.4 Å². The van der Waals surface area contributed by atoms with Crippen molar-refractivity contribution in [1.82, 2.24) is 9.80 Å². The topological polar surface area (TPSA) is 48.7 Å². The Bertz CT molecular complexity index is 667. The van der Waals surface area contributed by atoms with Crippen molar-refractivity contribution < 1.29 is 13.6 Å². The minimum Gasteiger partial charge on any atom is -0.468 e. The SMILES string of the molecule is C[C@H](C(=O)Nc1cccc(F)c1)N1CCN(Cc2ccco2)CC1. The fourth-order valence-electron chi connectivity index (χ4n) is 2.91. The van der Waals surface area contributed by atoms with Crippen LogP contribution in [0.4, 0.5) is 10.1 Å². The second kappa shape index (κ2) is 7.59. The van der Waals surface area contributed by atoms with Gasteiger partial charge >= 0.3 is 0 Å². The van der Waals surface area contributed by atoms with Gasteiger partial charge in [0.25, 0.3) is 0 Å². The van der Waals surface area contributed by atoms with Crippen LogP contribution in [0.25, 0.3) is 0 Å². The number of amides is 1. The fraction of sp³-hybridized carbons (Fsp3) is 0.389. The van der Waals surface area contributed by atoms with Crippen molar-refractivity contribution in [3.63, 3.8) is 0 Å². The largest absolute Gasteiger partial charge is 0.468 e. The molecule has 0 bridgehead atoms. The molecule has 128 valence electrons. The smallest absolute Gasteiger partial charge is 0.241 e. The van der Waals surface area contributed by atoms with Crippen LogP contribution in [0.1, 0.15) is 12.7 Å². The maximum atomic E-state index is 13.2. The van der Waals surface area contributed by atoms with E-state index in [-0.39, 0.29) is 17.8 Å². The first-order chi connectivity index (χ1) is 11.6. The number of carbonyl (C=O) groups excluding carboxylic acids is 1. The van der Waals surface area contributed by atoms with Gasteiger partial charge in [-0.2, -0.15) is 0 Å². The van der Waals surface area contributed by atoms with Crippen molar-refractivity contribution in [2.75, 3.05) is 31.5 Å². The molecule has 1 amide bonds. The highest BCUT2D eigenvalue weighted by Gasteiger charge is 2.25. The van der Waals surface area contributed by atoms with Crippen molar-refractivity contribution >= 4 is 11.6 Å². The predicted octanol–water partition coefficient (Wildman–Crippen LogP) is 2.56. The zero-order chi connectivity index (χ0) is 16.9. The summed E-state index contributed by atoms with van der Waals surface area (Å²) in [5.74, 6) is 0.493. The molecule has 1 aliphatic rings. The number of halogens is 1. The molecule has 3 rings (SSSR count). The molecule has 24 heavy (non-hydrogen) atoms. The van der Waals surface area contributed by atoms with E-state index in [4.69, 9.17) is 4.42 Å². The molecule has 1 aromatic carbocycles. The summed E-state index contributed by atoms with van der Waals surface area (Å²) in [4.78, 5) is 16.8. The van der Waals surface area contributed by atoms with Crippen molar-refractivity contribution in [2.24, 2.45) is 0 Å². The van der Waals surface area contributed by atoms with Crippen LogP contribution in [0.2, 0.25) is 0 Å². The molecule has 0 unspecified atom stereocenters. The molecule has 0 radical (unpaired) electrons. The standard InChI is InChI=1S/C18H22FN3O2/c1-14(18(23)20-16-5-2-4-15(19)12-16)22-9-7-21(8-10-22)13-17-6-3-11-24-17/h2-6,11-12,14H,7-10,13H2,1H3,(H,20,23)/t14-/m1/s1. The third-order valence-corrected chi connectivity index (χ3v) is 4.39. The van der Waals surface area contributed by atoms with Crippen LogP contribution in [-0.2, 0) is 11.3 Å². The van der Waals surface area contributed by atoms with Gasteiger partial charge in [0.15, 0.2) is 0 Å². The van der Waals surface area contributed by atoms with Gasteiger partial charge in [-0.1, -0.05) is 6.07 Å². The highest BCUT2D eigenvalue weighted by molar-refractivity contribution is 5.94. The number of nitrogens with one attached hydrogen (secondary N) is 1. The average molecular weight is 331 g/mol. The Balaban J connectivity index is 1.49. The maximum Gasteiger partial charge on any atom is 0.241 e. The molecule has 2 heterocycles. The number of rotatable bonds is 5. The minimum absolute atomic E-state index is 0.111. The number of anilines is 1. The Kier molecular flexibility index (Phi) is 5.27. The molecule has 0 saturated carbocycles. The molecule has 1 N–H and O–H groups in total. The zero-order valence-electron chi connectivity index (χ0n) is 13.7. The summed E-state index contributed by atoms with van der Waals surface area (Å²) in [5.41, 5.74) is 0.489. The van der Waals surface area contributed by atoms with E-state index < -0.39 is 0 Å². The van der Waals surface area contributed by atoms with Crippen LogP contribution < -0.4 is 5.32 Å². The number of furan rings is 1. The predicted molar refractivity (Wildman–Crippen MR) is 90.0 cm³/mol. The van der Waals surface area contributed by atoms with E-state index in [1.807, 2.05) is 19.1 Å². The number of hydrogen-bond acceptors (Lipinski definition) is 4. The lowest BCUT2D eigenvalue weighted by molar-refractivity contribution is -0.121. The molecule has 1 fully saturated rings. The first-order valence-corrected chi connectivity index (χ1v) is 8.17. The molecule has 6 heteroatoms. The molecular formula is C18H22FN3O2. The van der Waals surface area contributed by atoms with Gasteiger partial charge in [-0.15, -0.1) is 0 Å². The van der Waals surface area contributed by atoms with Crippen molar-refractivity contribution in [1.29, 1.82) is 0 Å². The van der Waals surface area contributed by atoms with Crippen LogP contribution in [0, 0.1) is 5.82 Å². The summed E-state index contributed by atoms with van der Waals surface area (Å²) in [6.07, 6.45) is 1.68. The molecule has 0 aliphatic carbocycles. The fourth-order valence-corrected chi connectivity index (χ4v) is 2.91. The van der Waals surface area contributed by atoms with Gasteiger partial charge in [-0.25, -0.2) is 4.39 Å². The Labute approximate surface area is 141 Å². The zero-order valence-corrected chi connectivity index (χ0v) is 13.7. The van der Waals surface area contributed by atoms with Gasteiger partial charge in [0.05, 0.1) is 18.8 Å². The Morgan fingerprint density at radius 2 is 2.04 bits per heavy atom. The molecule has 0 spiro atoms. The quantitative estimate of drug-likeness (QED) is 0.915. The van der Waals surface area contributed by atoms with Crippen LogP contribution in [0.3, 0.4) is 0 Å². The van der Waals surface area contributed by atoms with Crippen LogP contribution in [0.15, 0.2) is 47.1 Å². The van der Waals surface area contributed by atoms with E-state index in [1.165, 1.54) is 12.1 Å². The first-order valence-electron chi connectivity index (χ1n) is 8.17. The van der Waals surface area contributed by atoms with Crippen LogP contribution in [-0.4, -0.2) is 47.9 Å². The normalized spacial score (nSPS) is 17.6. The number of piperazine rings is 1. The lowest BCUT2D eigenvalue weighted by Crippen LogP contribution is -2.52. The number of carbonyl (C=O) groups is 1. The summed E-state index contributed by atoms with van der Waals surface area (Å²) in [6.45, 7) is 6.09. The van der Waals surface area contributed by atoms with Gasteiger partial charge in [0.2, 0.25) is 5.91 Å². The van der Waals surface area contributed by atoms with E-state index in [0.717, 1.165) is 38.5 Å². The van der Waals surface area contributed by atoms with Gasteiger partial charge in [-0.3, -0.25) is 14.6 Å². The highest BCUT2D eigenvalue weighted by atomic mass is 19.1. The van der Waals surface area contributed by atoms with Crippen molar-refractivity contribution in [3.05, 3.63) is 54.2 Å². The monoisotopic (exact) mass is 331 g/mol. The Morgan fingerprint density at radius 1 is 1.25 bits per heavy atom. The van der Waals surface area contributed by atoms with Crippen molar-refractivity contribution in [2.45, 2.75) is 19.5 Å². The third kappa shape index (κ3) is 4.21. The van der Waals surface area contributed by atoms with E-state index in [0.29, 0.717) is 5.69 Å². The molecule has 1 aromatic heterocycles. The molecule has 1 atom stereocenters. The van der Waals surface area contributed by atoms with Crippen LogP contribution in [0.5, 0.6) is 0 Å². The van der Waals surface area contributed by atoms with E-state index in [2.05, 4.69) is 15.1 Å². The summed E-state index contributed by atoms with van der Waals surface area (Å²) < 4.78 is 18.6. The molecular weight excluding hydrogens is 309 g/mol. The summed E-state index contributed by atoms with van der Waals surface area (Å²) in [5, 5.41) is 2.78. The van der Waals surface area contributed by atoms with Gasteiger partial charge in [-0.05, 0) is 37.3 Å². The molecule has 1 aliphatic heterocycles. The minimum atomic E-state index is -0.355. The Hall–Kier alpha value is -2.18. The number of nitrogens with zero attached hydrogens (tertiary/aromatic N) is 2. The second-order valence-corrected chi connectivity index (χ2v) is 6.07. The maximum absolute atomic E-state index is 13.2. The lowest BCUT2D eigenvalue weighted by atomic mass is 10.2. The second-order valence-electron chi connectivity index (χ2n) is 6.07. The molecule has 5 nitrogen and oxygen atoms in total. The number of benzene rings is 1. The van der Waals surface area contributed by atoms with Crippen molar-refractivity contribution in [3.8, 4) is 0 Å². The van der Waals surface area contributed by atoms with Gasteiger partial charge in [0, 0.05) is 31.9 Å². The summed E-state index contributed by atoms with van der Waals surface area (Å²) >= 11 is 0. The lowest BCUT2D eigenvalue weighted by Gasteiger charge is -2.37. The van der Waals surface area contributed by atoms with Gasteiger partial charge in [0.1, 0.15) is 11.6 Å². The Morgan fingerprint density at radius 3 is 2.71 bits per heavy atom. The summed E-state index contributed by atoms with van der Waals surface area (Å²) in [6, 6.07) is 9.58. The average Bonchev–Trinajstić information content (AvgIpc) is 3.08. The molecule has 2 aromatic rings.